The minimum absolute atomic E-state index is 0.227. The van der Waals surface area contributed by atoms with Crippen LogP contribution < -0.4 is 10.1 Å². The number of nitrogens with one attached hydrogen (secondary N) is 1. The lowest BCUT2D eigenvalue weighted by atomic mass is 10.0. The van der Waals surface area contributed by atoms with E-state index in [2.05, 4.69) is 37.2 Å². The fourth-order valence-corrected chi connectivity index (χ4v) is 4.41. The van der Waals surface area contributed by atoms with Crippen LogP contribution in [0, 0.1) is 0 Å². The van der Waals surface area contributed by atoms with Gasteiger partial charge in [0.2, 0.25) is 5.91 Å². The molecular weight excluding hydrogens is 534 g/mol. The molecule has 4 nitrogen and oxygen atoms in total. The molecular formula is C23H16Br2ClNO3. The van der Waals surface area contributed by atoms with Gasteiger partial charge in [-0.3, -0.25) is 9.59 Å². The Bertz CT molecular complexity index is 1130. The topological polar surface area (TPSA) is 55.4 Å². The van der Waals surface area contributed by atoms with Gasteiger partial charge >= 0.3 is 0 Å². The Morgan fingerprint density at radius 3 is 2.47 bits per heavy atom. The summed E-state index contributed by atoms with van der Waals surface area (Å²) in [6.45, 7) is 0. The van der Waals surface area contributed by atoms with Crippen LogP contribution in [-0.4, -0.2) is 18.8 Å². The van der Waals surface area contributed by atoms with E-state index in [-0.39, 0.29) is 5.78 Å². The molecule has 1 amide bonds. The van der Waals surface area contributed by atoms with Crippen molar-refractivity contribution in [3.63, 3.8) is 0 Å². The normalized spacial score (nSPS) is 10.8. The predicted molar refractivity (Wildman–Crippen MR) is 127 cm³/mol. The van der Waals surface area contributed by atoms with Crippen LogP contribution in [0.1, 0.15) is 21.5 Å². The van der Waals surface area contributed by atoms with Crippen molar-refractivity contribution in [2.75, 3.05) is 12.4 Å². The van der Waals surface area contributed by atoms with Crippen molar-refractivity contribution >= 4 is 66.9 Å². The molecule has 3 aromatic rings. The third-order valence-electron chi connectivity index (χ3n) is 4.18. The monoisotopic (exact) mass is 547 g/mol. The molecule has 0 radical (unpaired) electrons. The molecule has 0 saturated carbocycles. The number of methoxy groups -OCH3 is 1. The van der Waals surface area contributed by atoms with Gasteiger partial charge in [0.1, 0.15) is 5.75 Å². The van der Waals surface area contributed by atoms with Crippen LogP contribution in [-0.2, 0) is 4.79 Å². The molecule has 1 N–H and O–H groups in total. The maximum Gasteiger partial charge on any atom is 0.248 e. The lowest BCUT2D eigenvalue weighted by Crippen LogP contribution is -2.13. The Kier molecular flexibility index (Phi) is 7.48. The summed E-state index contributed by atoms with van der Waals surface area (Å²) in [7, 11) is 1.56. The molecule has 0 aliphatic heterocycles. The first-order chi connectivity index (χ1) is 14.4. The van der Waals surface area contributed by atoms with E-state index in [9.17, 15) is 9.59 Å². The van der Waals surface area contributed by atoms with Gasteiger partial charge in [0.15, 0.2) is 5.78 Å². The van der Waals surface area contributed by atoms with E-state index in [1.165, 1.54) is 6.08 Å². The van der Waals surface area contributed by atoms with Crippen molar-refractivity contribution < 1.29 is 14.3 Å². The highest BCUT2D eigenvalue weighted by Gasteiger charge is 2.15. The Morgan fingerprint density at radius 2 is 1.77 bits per heavy atom. The molecule has 3 rings (SSSR count). The molecule has 0 unspecified atom stereocenters. The fraction of sp³-hybridized carbons (Fsp3) is 0.0435. The zero-order valence-electron chi connectivity index (χ0n) is 15.8. The van der Waals surface area contributed by atoms with Crippen molar-refractivity contribution in [1.82, 2.24) is 0 Å². The lowest BCUT2D eigenvalue weighted by molar-refractivity contribution is -0.111. The summed E-state index contributed by atoms with van der Waals surface area (Å²) in [5.41, 5.74) is 1.92. The van der Waals surface area contributed by atoms with Crippen LogP contribution in [0.4, 0.5) is 5.69 Å². The highest BCUT2D eigenvalue weighted by molar-refractivity contribution is 9.11. The summed E-state index contributed by atoms with van der Waals surface area (Å²) in [5, 5.41) is 3.16. The summed E-state index contributed by atoms with van der Waals surface area (Å²) in [5.74, 6) is -0.0127. The summed E-state index contributed by atoms with van der Waals surface area (Å²) >= 11 is 12.9. The molecule has 0 aliphatic rings. The molecule has 7 heteroatoms. The Morgan fingerprint density at radius 1 is 1.03 bits per heavy atom. The van der Waals surface area contributed by atoms with Crippen molar-refractivity contribution in [3.05, 3.63) is 97.4 Å². The lowest BCUT2D eigenvalue weighted by Gasteiger charge is -2.10. The van der Waals surface area contributed by atoms with Crippen molar-refractivity contribution in [2.45, 2.75) is 0 Å². The molecule has 0 heterocycles. The Balaban J connectivity index is 1.86. The number of carbonyl (C=O) groups is 2. The van der Waals surface area contributed by atoms with Gasteiger partial charge in [0.25, 0.3) is 0 Å². The van der Waals surface area contributed by atoms with Crippen LogP contribution >= 0.6 is 43.5 Å². The quantitative estimate of drug-likeness (QED) is 0.273. The maximum atomic E-state index is 12.9. The number of ether oxygens (including phenoxy) is 1. The number of hydrogen-bond acceptors (Lipinski definition) is 3. The van der Waals surface area contributed by atoms with Gasteiger partial charge in [-0.15, -0.1) is 0 Å². The summed E-state index contributed by atoms with van der Waals surface area (Å²) < 4.78 is 6.98. The van der Waals surface area contributed by atoms with Crippen LogP contribution in [0.15, 0.2) is 75.7 Å². The number of halogens is 3. The number of carbonyl (C=O) groups excluding carboxylic acids is 2. The van der Waals surface area contributed by atoms with E-state index in [1.807, 2.05) is 18.2 Å². The van der Waals surface area contributed by atoms with Gasteiger partial charge in [-0.2, -0.15) is 0 Å². The number of amides is 1. The van der Waals surface area contributed by atoms with Gasteiger partial charge in [-0.1, -0.05) is 57.9 Å². The second-order valence-corrected chi connectivity index (χ2v) is 8.42. The van der Waals surface area contributed by atoms with Crippen molar-refractivity contribution in [1.29, 1.82) is 0 Å². The van der Waals surface area contributed by atoms with Crippen LogP contribution in [0.3, 0.4) is 0 Å². The molecule has 0 fully saturated rings. The largest absolute Gasteiger partial charge is 0.495 e. The summed E-state index contributed by atoms with van der Waals surface area (Å²) in [6.07, 6.45) is 3.01. The molecule has 0 aromatic heterocycles. The highest BCUT2D eigenvalue weighted by Crippen LogP contribution is 2.33. The second kappa shape index (κ2) is 10.1. The standard InChI is InChI=1S/C23H16Br2ClNO3/c1-30-23-15(11-16(24)12-19(23)25)7-10-21(28)27-20-9-8-17(26)13-18(20)22(29)14-5-3-2-4-6-14/h2-13H,1H3,(H,27,28)/b10-7+. The second-order valence-electron chi connectivity index (χ2n) is 6.22. The first-order valence-corrected chi connectivity index (χ1v) is 10.8. The van der Waals surface area contributed by atoms with Gasteiger partial charge in [0, 0.05) is 32.3 Å². The SMILES string of the molecule is COc1c(Br)cc(Br)cc1/C=C/C(=O)Nc1ccc(Cl)cc1C(=O)c1ccccc1. The van der Waals surface area contributed by atoms with Crippen molar-refractivity contribution in [3.8, 4) is 5.75 Å². The van der Waals surface area contributed by atoms with Crippen LogP contribution in [0.25, 0.3) is 6.08 Å². The third kappa shape index (κ3) is 5.39. The molecule has 0 atom stereocenters. The smallest absolute Gasteiger partial charge is 0.248 e. The number of anilines is 1. The van der Waals surface area contributed by atoms with E-state index >= 15 is 0 Å². The number of ketones is 1. The van der Waals surface area contributed by atoms with Gasteiger partial charge < -0.3 is 10.1 Å². The maximum absolute atomic E-state index is 12.9. The minimum Gasteiger partial charge on any atom is -0.495 e. The molecule has 0 saturated heterocycles. The van der Waals surface area contributed by atoms with E-state index in [4.69, 9.17) is 16.3 Å². The molecule has 152 valence electrons. The number of rotatable bonds is 6. The van der Waals surface area contributed by atoms with Crippen LogP contribution in [0.2, 0.25) is 5.02 Å². The van der Waals surface area contributed by atoms with Gasteiger partial charge in [-0.25, -0.2) is 0 Å². The number of benzene rings is 3. The van der Waals surface area contributed by atoms with Crippen LogP contribution in [0.5, 0.6) is 5.75 Å². The first-order valence-electron chi connectivity index (χ1n) is 8.80. The molecule has 0 spiro atoms. The zero-order chi connectivity index (χ0) is 21.7. The first kappa shape index (κ1) is 22.3. The number of hydrogen-bond donors (Lipinski definition) is 1. The minimum atomic E-state index is -0.391. The zero-order valence-corrected chi connectivity index (χ0v) is 19.7. The fourth-order valence-electron chi connectivity index (χ4n) is 2.82. The highest BCUT2D eigenvalue weighted by atomic mass is 79.9. The summed E-state index contributed by atoms with van der Waals surface area (Å²) in [4.78, 5) is 25.4. The third-order valence-corrected chi connectivity index (χ3v) is 5.46. The Hall–Kier alpha value is -2.41. The van der Waals surface area contributed by atoms with E-state index < -0.39 is 5.91 Å². The molecule has 3 aromatic carbocycles. The van der Waals surface area contributed by atoms with E-state index in [0.717, 1.165) is 8.95 Å². The van der Waals surface area contributed by atoms with Gasteiger partial charge in [0.05, 0.1) is 17.3 Å². The molecule has 0 aliphatic carbocycles. The Labute approximate surface area is 196 Å². The average Bonchev–Trinajstić information content (AvgIpc) is 2.73. The van der Waals surface area contributed by atoms with Gasteiger partial charge in [-0.05, 0) is 52.3 Å². The average molecular weight is 550 g/mol. The summed E-state index contributed by atoms with van der Waals surface area (Å²) in [6, 6.07) is 17.3. The van der Waals surface area contributed by atoms with E-state index in [0.29, 0.717) is 33.1 Å². The molecule has 30 heavy (non-hydrogen) atoms. The van der Waals surface area contributed by atoms with Crippen molar-refractivity contribution in [2.24, 2.45) is 0 Å². The molecule has 0 bridgehead atoms. The predicted octanol–water partition coefficient (Wildman–Crippen LogP) is 6.76. The van der Waals surface area contributed by atoms with E-state index in [1.54, 1.807) is 55.7 Å².